The number of aryl methyl sites for hydroxylation is 2. The van der Waals surface area contributed by atoms with E-state index >= 15 is 0 Å². The molecule has 0 aliphatic rings. The minimum absolute atomic E-state index is 0.0218. The minimum Gasteiger partial charge on any atom is -0.464 e. The molecule has 2 aromatic heterocycles. The molecule has 0 radical (unpaired) electrons. The molecule has 0 spiro atoms. The van der Waals surface area contributed by atoms with Crippen LogP contribution >= 0.6 is 0 Å². The zero-order chi connectivity index (χ0) is 13.3. The third-order valence-electron chi connectivity index (χ3n) is 2.41. The van der Waals surface area contributed by atoms with E-state index in [4.69, 9.17) is 0 Å². The average molecular weight is 250 g/mol. The Kier molecular flexibility index (Phi) is 3.05. The first-order valence-electron chi connectivity index (χ1n) is 5.14. The number of halogens is 1. The lowest BCUT2D eigenvalue weighted by Gasteiger charge is -2.05. The molecule has 0 bridgehead atoms. The maximum atomic E-state index is 14.1. The summed E-state index contributed by atoms with van der Waals surface area (Å²) in [6, 6.07) is 1.67. The van der Waals surface area contributed by atoms with Gasteiger partial charge in [0.2, 0.25) is 0 Å². The zero-order valence-electron chi connectivity index (χ0n) is 10.1. The van der Waals surface area contributed by atoms with Crippen molar-refractivity contribution in [2.24, 2.45) is 7.05 Å². The molecule has 6 nitrogen and oxygen atoms in total. The normalized spacial score (nSPS) is 10.4. The summed E-state index contributed by atoms with van der Waals surface area (Å²) < 4.78 is 20.1. The molecule has 2 aromatic rings. The molecule has 94 valence electrons. The molecule has 18 heavy (non-hydrogen) atoms. The Balaban J connectivity index is 2.59. The molecular formula is C11H11FN4O2. The summed E-state index contributed by atoms with van der Waals surface area (Å²) in [4.78, 5) is 18.8. The number of carbonyl (C=O) groups is 1. The van der Waals surface area contributed by atoms with Crippen LogP contribution in [0.4, 0.5) is 4.39 Å². The van der Waals surface area contributed by atoms with Gasteiger partial charge in [-0.05, 0) is 13.0 Å². The number of nitrogens with zero attached hydrogens (tertiary/aromatic N) is 4. The first-order chi connectivity index (χ1) is 8.54. The number of hydrogen-bond acceptors (Lipinski definition) is 5. The Bertz CT molecular complexity index is 609. The molecule has 2 rings (SSSR count). The van der Waals surface area contributed by atoms with Gasteiger partial charge in [0.05, 0.1) is 18.5 Å². The molecule has 0 aliphatic carbocycles. The maximum Gasteiger partial charge on any atom is 0.359 e. The van der Waals surface area contributed by atoms with Crippen LogP contribution in [0.2, 0.25) is 0 Å². The van der Waals surface area contributed by atoms with Crippen molar-refractivity contribution in [1.82, 2.24) is 19.7 Å². The van der Waals surface area contributed by atoms with Crippen LogP contribution in [-0.2, 0) is 11.8 Å². The van der Waals surface area contributed by atoms with E-state index in [1.165, 1.54) is 4.68 Å². The predicted molar refractivity (Wildman–Crippen MR) is 60.3 cm³/mol. The van der Waals surface area contributed by atoms with Crippen molar-refractivity contribution in [1.29, 1.82) is 0 Å². The van der Waals surface area contributed by atoms with Crippen molar-refractivity contribution in [3.63, 3.8) is 0 Å². The highest BCUT2D eigenvalue weighted by atomic mass is 19.1. The van der Waals surface area contributed by atoms with Crippen molar-refractivity contribution < 1.29 is 13.9 Å². The molecule has 0 unspecified atom stereocenters. The van der Waals surface area contributed by atoms with E-state index in [-0.39, 0.29) is 11.4 Å². The Morgan fingerprint density at radius 2 is 2.17 bits per heavy atom. The summed E-state index contributed by atoms with van der Waals surface area (Å²) in [5.41, 5.74) is 0.831. The molecule has 0 amide bonds. The van der Waals surface area contributed by atoms with Crippen molar-refractivity contribution >= 4 is 5.97 Å². The number of carbonyl (C=O) groups excluding carboxylic acids is 1. The van der Waals surface area contributed by atoms with Gasteiger partial charge in [-0.15, -0.1) is 0 Å². The lowest BCUT2D eigenvalue weighted by atomic mass is 10.2. The fraction of sp³-hybridized carbons (Fsp3) is 0.273. The number of methoxy groups -OCH3 is 1. The molecule has 2 heterocycles. The highest BCUT2D eigenvalue weighted by molar-refractivity contribution is 5.88. The van der Waals surface area contributed by atoms with E-state index in [0.29, 0.717) is 5.69 Å². The first-order valence-corrected chi connectivity index (χ1v) is 5.14. The van der Waals surface area contributed by atoms with Crippen LogP contribution in [0.25, 0.3) is 11.4 Å². The second-order valence-corrected chi connectivity index (χ2v) is 3.67. The molecule has 0 saturated carbocycles. The van der Waals surface area contributed by atoms with Gasteiger partial charge in [-0.25, -0.2) is 19.2 Å². The Labute approximate surface area is 102 Å². The smallest absolute Gasteiger partial charge is 0.359 e. The van der Waals surface area contributed by atoms with Gasteiger partial charge in [-0.2, -0.15) is 5.10 Å². The Morgan fingerprint density at radius 1 is 1.44 bits per heavy atom. The van der Waals surface area contributed by atoms with Gasteiger partial charge < -0.3 is 4.74 Å². The van der Waals surface area contributed by atoms with Gasteiger partial charge in [-0.1, -0.05) is 0 Å². The fourth-order valence-electron chi connectivity index (χ4n) is 1.62. The van der Waals surface area contributed by atoms with Crippen LogP contribution in [0.3, 0.4) is 0 Å². The molecule has 0 saturated heterocycles. The Morgan fingerprint density at radius 3 is 2.72 bits per heavy atom. The largest absolute Gasteiger partial charge is 0.464 e. The second-order valence-electron chi connectivity index (χ2n) is 3.67. The lowest BCUT2D eigenvalue weighted by molar-refractivity contribution is 0.0588. The number of esters is 1. The Hall–Kier alpha value is -2.31. The standard InChI is InChI=1S/C11H11FN4O2/c1-6-4-7(16(2)15-6)9-8(12)10(11(17)18-3)14-5-13-9/h4-5H,1-3H3. The molecule has 0 aliphatic heterocycles. The minimum atomic E-state index is -0.838. The van der Waals surface area contributed by atoms with E-state index in [1.54, 1.807) is 20.0 Å². The summed E-state index contributed by atoms with van der Waals surface area (Å²) in [7, 11) is 2.83. The van der Waals surface area contributed by atoms with Crippen molar-refractivity contribution in [3.8, 4) is 11.4 Å². The summed E-state index contributed by atoms with van der Waals surface area (Å²) in [5, 5.41) is 4.10. The van der Waals surface area contributed by atoms with E-state index in [2.05, 4.69) is 19.8 Å². The van der Waals surface area contributed by atoms with Crippen molar-refractivity contribution in [2.75, 3.05) is 7.11 Å². The van der Waals surface area contributed by atoms with E-state index < -0.39 is 11.8 Å². The predicted octanol–water partition coefficient (Wildman–Crippen LogP) is 1.11. The average Bonchev–Trinajstić information content (AvgIpc) is 2.68. The van der Waals surface area contributed by atoms with Gasteiger partial charge >= 0.3 is 5.97 Å². The number of ether oxygens (including phenoxy) is 1. The van der Waals surface area contributed by atoms with E-state index in [0.717, 1.165) is 19.1 Å². The highest BCUT2D eigenvalue weighted by Crippen LogP contribution is 2.22. The monoisotopic (exact) mass is 250 g/mol. The first kappa shape index (κ1) is 12.2. The summed E-state index contributed by atoms with van der Waals surface area (Å²) in [6.07, 6.45) is 1.12. The van der Waals surface area contributed by atoms with Gasteiger partial charge in [0.15, 0.2) is 11.5 Å². The zero-order valence-corrected chi connectivity index (χ0v) is 10.1. The second kappa shape index (κ2) is 4.52. The van der Waals surface area contributed by atoms with Gasteiger partial charge in [0.25, 0.3) is 0 Å². The van der Waals surface area contributed by atoms with Crippen LogP contribution in [0.15, 0.2) is 12.4 Å². The van der Waals surface area contributed by atoms with Crippen LogP contribution in [0.1, 0.15) is 16.2 Å². The SMILES string of the molecule is COC(=O)c1ncnc(-c2cc(C)nn2C)c1F. The maximum absolute atomic E-state index is 14.1. The number of aromatic nitrogens is 4. The molecule has 0 fully saturated rings. The van der Waals surface area contributed by atoms with Gasteiger partial charge in [0.1, 0.15) is 12.0 Å². The number of rotatable bonds is 2. The highest BCUT2D eigenvalue weighted by Gasteiger charge is 2.21. The third-order valence-corrected chi connectivity index (χ3v) is 2.41. The fourth-order valence-corrected chi connectivity index (χ4v) is 1.62. The molecule has 0 aromatic carbocycles. The summed E-state index contributed by atoms with van der Waals surface area (Å²) in [5.74, 6) is -1.65. The molecular weight excluding hydrogens is 239 g/mol. The van der Waals surface area contributed by atoms with Crippen LogP contribution in [0.5, 0.6) is 0 Å². The van der Waals surface area contributed by atoms with Crippen molar-refractivity contribution in [3.05, 3.63) is 29.6 Å². The molecule has 0 atom stereocenters. The molecule has 7 heteroatoms. The van der Waals surface area contributed by atoms with Crippen LogP contribution in [-0.4, -0.2) is 32.8 Å². The quantitative estimate of drug-likeness (QED) is 0.747. The van der Waals surface area contributed by atoms with Crippen LogP contribution < -0.4 is 0 Å². The summed E-state index contributed by atoms with van der Waals surface area (Å²) >= 11 is 0. The summed E-state index contributed by atoms with van der Waals surface area (Å²) in [6.45, 7) is 1.78. The molecule has 0 N–H and O–H groups in total. The third kappa shape index (κ3) is 1.94. The van der Waals surface area contributed by atoms with Gasteiger partial charge in [-0.3, -0.25) is 4.68 Å². The van der Waals surface area contributed by atoms with E-state index in [9.17, 15) is 9.18 Å². The van der Waals surface area contributed by atoms with E-state index in [1.807, 2.05) is 0 Å². The topological polar surface area (TPSA) is 69.9 Å². The van der Waals surface area contributed by atoms with Crippen molar-refractivity contribution in [2.45, 2.75) is 6.92 Å². The number of hydrogen-bond donors (Lipinski definition) is 0. The van der Waals surface area contributed by atoms with Gasteiger partial charge in [0, 0.05) is 7.05 Å². The lowest BCUT2D eigenvalue weighted by Crippen LogP contribution is -2.10. The van der Waals surface area contributed by atoms with Crippen LogP contribution in [0, 0.1) is 12.7 Å².